The summed E-state index contributed by atoms with van der Waals surface area (Å²) in [7, 11) is 1.79. The van der Waals surface area contributed by atoms with Crippen LogP contribution in [0.2, 0.25) is 0 Å². The number of nitrogens with one attached hydrogen (secondary N) is 1. The molecule has 4 heteroatoms. The molecule has 0 aliphatic heterocycles. The zero-order chi connectivity index (χ0) is 12.8. The van der Waals surface area contributed by atoms with Crippen LogP contribution in [0.5, 0.6) is 5.88 Å². The van der Waals surface area contributed by atoms with Gasteiger partial charge < -0.3 is 14.8 Å². The maximum atomic E-state index is 5.53. The molecule has 18 heavy (non-hydrogen) atoms. The van der Waals surface area contributed by atoms with Crippen molar-refractivity contribution in [1.82, 2.24) is 4.98 Å². The van der Waals surface area contributed by atoms with E-state index in [1.54, 1.807) is 13.3 Å². The minimum absolute atomic E-state index is 0.378. The number of nitrogens with zero attached hydrogens (tertiary/aromatic N) is 1. The lowest BCUT2D eigenvalue weighted by Crippen LogP contribution is -2.31. The highest BCUT2D eigenvalue weighted by atomic mass is 16.5. The molecule has 1 heterocycles. The van der Waals surface area contributed by atoms with Crippen molar-refractivity contribution < 1.29 is 9.47 Å². The van der Waals surface area contributed by atoms with Crippen molar-refractivity contribution in [3.63, 3.8) is 0 Å². The van der Waals surface area contributed by atoms with Gasteiger partial charge in [-0.1, -0.05) is 0 Å². The van der Waals surface area contributed by atoms with Gasteiger partial charge in [0, 0.05) is 19.3 Å². The van der Waals surface area contributed by atoms with Gasteiger partial charge in [0.1, 0.15) is 0 Å². The molecule has 4 nitrogen and oxygen atoms in total. The topological polar surface area (TPSA) is 43.4 Å². The summed E-state index contributed by atoms with van der Waals surface area (Å²) in [5.41, 5.74) is 0.987. The molecule has 1 saturated carbocycles. The third-order valence-corrected chi connectivity index (χ3v) is 3.37. The van der Waals surface area contributed by atoms with Crippen LogP contribution in [0.25, 0.3) is 0 Å². The SMILES string of the molecule is CCOc1ncccc1NC1CCCC(OC)C1. The Kier molecular flexibility index (Phi) is 4.81. The molecule has 0 radical (unpaired) electrons. The molecule has 1 aliphatic rings. The summed E-state index contributed by atoms with van der Waals surface area (Å²) < 4.78 is 11.0. The van der Waals surface area contributed by atoms with Crippen LogP contribution in [-0.4, -0.2) is 30.8 Å². The van der Waals surface area contributed by atoms with E-state index < -0.39 is 0 Å². The van der Waals surface area contributed by atoms with Crippen molar-refractivity contribution >= 4 is 5.69 Å². The Bertz CT molecular complexity index is 371. The minimum atomic E-state index is 0.378. The molecule has 0 amide bonds. The number of hydrogen-bond donors (Lipinski definition) is 1. The van der Waals surface area contributed by atoms with Crippen LogP contribution in [0.1, 0.15) is 32.6 Å². The van der Waals surface area contributed by atoms with Crippen molar-refractivity contribution in [2.75, 3.05) is 19.0 Å². The fourth-order valence-electron chi connectivity index (χ4n) is 2.46. The van der Waals surface area contributed by atoms with E-state index in [1.807, 2.05) is 19.1 Å². The second kappa shape index (κ2) is 6.59. The molecule has 1 fully saturated rings. The second-order valence-electron chi connectivity index (χ2n) is 4.65. The fraction of sp³-hybridized carbons (Fsp3) is 0.643. The first-order chi connectivity index (χ1) is 8.83. The number of pyridine rings is 1. The van der Waals surface area contributed by atoms with E-state index in [9.17, 15) is 0 Å². The van der Waals surface area contributed by atoms with Gasteiger partial charge in [-0.05, 0) is 44.7 Å². The van der Waals surface area contributed by atoms with Crippen LogP contribution in [0, 0.1) is 0 Å². The van der Waals surface area contributed by atoms with Crippen LogP contribution < -0.4 is 10.1 Å². The Morgan fingerprint density at radius 1 is 1.44 bits per heavy atom. The van der Waals surface area contributed by atoms with Crippen LogP contribution in [0.15, 0.2) is 18.3 Å². The Morgan fingerprint density at radius 3 is 3.11 bits per heavy atom. The van der Waals surface area contributed by atoms with Crippen LogP contribution >= 0.6 is 0 Å². The summed E-state index contributed by atoms with van der Waals surface area (Å²) >= 11 is 0. The molecule has 0 saturated heterocycles. The monoisotopic (exact) mass is 250 g/mol. The Balaban J connectivity index is 1.99. The molecule has 2 atom stereocenters. The van der Waals surface area contributed by atoms with Crippen LogP contribution in [0.4, 0.5) is 5.69 Å². The van der Waals surface area contributed by atoms with E-state index in [1.165, 1.54) is 19.3 Å². The minimum Gasteiger partial charge on any atom is -0.476 e. The molecule has 0 aromatic carbocycles. The highest BCUT2D eigenvalue weighted by molar-refractivity contribution is 5.52. The average molecular weight is 250 g/mol. The van der Waals surface area contributed by atoms with Gasteiger partial charge >= 0.3 is 0 Å². The lowest BCUT2D eigenvalue weighted by atomic mass is 9.92. The molecular weight excluding hydrogens is 228 g/mol. The van der Waals surface area contributed by atoms with E-state index in [2.05, 4.69) is 10.3 Å². The summed E-state index contributed by atoms with van der Waals surface area (Å²) in [5.74, 6) is 0.694. The maximum absolute atomic E-state index is 5.53. The Hall–Kier alpha value is -1.29. The van der Waals surface area contributed by atoms with E-state index in [-0.39, 0.29) is 0 Å². The Morgan fingerprint density at radius 2 is 2.33 bits per heavy atom. The summed E-state index contributed by atoms with van der Waals surface area (Å²) in [4.78, 5) is 4.26. The highest BCUT2D eigenvalue weighted by Gasteiger charge is 2.22. The molecule has 1 aliphatic carbocycles. The van der Waals surface area contributed by atoms with E-state index in [0.29, 0.717) is 24.6 Å². The van der Waals surface area contributed by atoms with E-state index >= 15 is 0 Å². The predicted octanol–water partition coefficient (Wildman–Crippen LogP) is 2.85. The molecule has 0 bridgehead atoms. The largest absolute Gasteiger partial charge is 0.476 e. The van der Waals surface area contributed by atoms with Crippen molar-refractivity contribution in [1.29, 1.82) is 0 Å². The average Bonchev–Trinajstić information content (AvgIpc) is 2.41. The predicted molar refractivity (Wildman–Crippen MR) is 72.1 cm³/mol. The molecule has 1 aromatic heterocycles. The second-order valence-corrected chi connectivity index (χ2v) is 4.65. The smallest absolute Gasteiger partial charge is 0.237 e. The molecular formula is C14H22N2O2. The molecule has 2 rings (SSSR count). The maximum Gasteiger partial charge on any atom is 0.237 e. The van der Waals surface area contributed by atoms with Gasteiger partial charge in [0.15, 0.2) is 0 Å². The van der Waals surface area contributed by atoms with Crippen LogP contribution in [0.3, 0.4) is 0 Å². The highest BCUT2D eigenvalue weighted by Crippen LogP contribution is 2.27. The van der Waals surface area contributed by atoms with Crippen molar-refractivity contribution in [3.8, 4) is 5.88 Å². The van der Waals surface area contributed by atoms with E-state index in [4.69, 9.17) is 9.47 Å². The van der Waals surface area contributed by atoms with Crippen LogP contribution in [-0.2, 0) is 4.74 Å². The molecule has 1 aromatic rings. The van der Waals surface area contributed by atoms with Crippen molar-refractivity contribution in [3.05, 3.63) is 18.3 Å². The van der Waals surface area contributed by atoms with Gasteiger partial charge in [0.25, 0.3) is 0 Å². The lowest BCUT2D eigenvalue weighted by molar-refractivity contribution is 0.0669. The summed E-state index contributed by atoms with van der Waals surface area (Å²) in [6.45, 7) is 2.61. The van der Waals surface area contributed by atoms with Crippen molar-refractivity contribution in [2.45, 2.75) is 44.8 Å². The third kappa shape index (κ3) is 3.35. The number of aromatic nitrogens is 1. The number of ether oxygens (including phenoxy) is 2. The first-order valence-electron chi connectivity index (χ1n) is 6.70. The number of anilines is 1. The summed E-state index contributed by atoms with van der Waals surface area (Å²) in [5, 5.41) is 3.53. The molecule has 2 unspecified atom stereocenters. The normalized spacial score (nSPS) is 23.7. The van der Waals surface area contributed by atoms with Gasteiger partial charge in [0.2, 0.25) is 5.88 Å². The number of methoxy groups -OCH3 is 1. The van der Waals surface area contributed by atoms with Gasteiger partial charge in [0.05, 0.1) is 18.4 Å². The molecule has 1 N–H and O–H groups in total. The molecule has 0 spiro atoms. The molecule has 100 valence electrons. The van der Waals surface area contributed by atoms with Gasteiger partial charge in [-0.25, -0.2) is 4.98 Å². The van der Waals surface area contributed by atoms with Gasteiger partial charge in [-0.2, -0.15) is 0 Å². The first-order valence-corrected chi connectivity index (χ1v) is 6.70. The quantitative estimate of drug-likeness (QED) is 0.872. The fourth-order valence-corrected chi connectivity index (χ4v) is 2.46. The zero-order valence-corrected chi connectivity index (χ0v) is 11.2. The zero-order valence-electron chi connectivity index (χ0n) is 11.2. The standard InChI is InChI=1S/C14H22N2O2/c1-3-18-14-13(8-5-9-15-14)16-11-6-4-7-12(10-11)17-2/h5,8-9,11-12,16H,3-4,6-7,10H2,1-2H3. The van der Waals surface area contributed by atoms with Crippen molar-refractivity contribution in [2.24, 2.45) is 0 Å². The van der Waals surface area contributed by atoms with Gasteiger partial charge in [-0.15, -0.1) is 0 Å². The summed E-state index contributed by atoms with van der Waals surface area (Å²) in [6, 6.07) is 4.41. The lowest BCUT2D eigenvalue weighted by Gasteiger charge is -2.29. The first kappa shape index (κ1) is 13.1. The number of hydrogen-bond acceptors (Lipinski definition) is 4. The Labute approximate surface area is 109 Å². The third-order valence-electron chi connectivity index (χ3n) is 3.37. The van der Waals surface area contributed by atoms with Gasteiger partial charge in [-0.3, -0.25) is 0 Å². The summed E-state index contributed by atoms with van der Waals surface area (Å²) in [6.07, 6.45) is 6.75. The number of rotatable bonds is 5. The van der Waals surface area contributed by atoms with E-state index in [0.717, 1.165) is 12.1 Å².